The van der Waals surface area contributed by atoms with E-state index in [2.05, 4.69) is 9.88 Å². The van der Waals surface area contributed by atoms with Gasteiger partial charge in [0.2, 0.25) is 0 Å². The quantitative estimate of drug-likeness (QED) is 0.760. The summed E-state index contributed by atoms with van der Waals surface area (Å²) in [4.78, 5) is 12.3. The summed E-state index contributed by atoms with van der Waals surface area (Å²) in [6, 6.07) is 11.8. The number of amides is 1. The first-order chi connectivity index (χ1) is 11.6. The summed E-state index contributed by atoms with van der Waals surface area (Å²) in [6.07, 6.45) is -0.702. The second kappa shape index (κ2) is 5.46. The van der Waals surface area contributed by atoms with Gasteiger partial charge in [0.25, 0.3) is 5.91 Å². The van der Waals surface area contributed by atoms with Crippen molar-refractivity contribution in [2.45, 2.75) is 19.6 Å². The second-order valence-electron chi connectivity index (χ2n) is 6.05. The smallest absolute Gasteiger partial charge is 0.253 e. The number of benzene rings is 2. The number of aliphatic hydroxyl groups is 1. The Kier molecular flexibility index (Phi) is 3.39. The Balaban J connectivity index is 2.13. The average Bonchev–Trinajstić information content (AvgIpc) is 2.80. The largest absolute Gasteiger partial charge is 0.389 e. The van der Waals surface area contributed by atoms with E-state index < -0.39 is 6.10 Å². The van der Waals surface area contributed by atoms with Crippen molar-refractivity contribution in [3.8, 4) is 11.3 Å². The van der Waals surface area contributed by atoms with Crippen LogP contribution in [-0.4, -0.2) is 22.1 Å². The molecular weight excluding hydrogens is 307 g/mol. The van der Waals surface area contributed by atoms with Gasteiger partial charge in [0.1, 0.15) is 5.82 Å². The van der Waals surface area contributed by atoms with Crippen molar-refractivity contribution < 1.29 is 14.3 Å². The fourth-order valence-electron chi connectivity index (χ4n) is 3.56. The van der Waals surface area contributed by atoms with Gasteiger partial charge in [-0.25, -0.2) is 4.39 Å². The molecule has 1 aliphatic rings. The number of aromatic nitrogens is 1. The highest BCUT2D eigenvalue weighted by Gasteiger charge is 2.26. The van der Waals surface area contributed by atoms with E-state index in [0.717, 1.165) is 27.7 Å². The molecule has 2 N–H and O–H groups in total. The molecule has 0 fully saturated rings. The molecular formula is C19H17FN2O2. The molecule has 0 spiro atoms. The Labute approximate surface area is 138 Å². The zero-order valence-corrected chi connectivity index (χ0v) is 13.2. The summed E-state index contributed by atoms with van der Waals surface area (Å²) >= 11 is 0. The fourth-order valence-corrected chi connectivity index (χ4v) is 3.56. The number of carbonyl (C=O) groups excluding carboxylic acids is 1. The summed E-state index contributed by atoms with van der Waals surface area (Å²) in [5.74, 6) is -0.415. The predicted octanol–water partition coefficient (Wildman–Crippen LogP) is 3.24. The van der Waals surface area contributed by atoms with Crippen LogP contribution in [0.2, 0.25) is 0 Å². The van der Waals surface area contributed by atoms with Crippen molar-refractivity contribution in [2.75, 3.05) is 6.54 Å². The van der Waals surface area contributed by atoms with Gasteiger partial charge >= 0.3 is 0 Å². The highest BCUT2D eigenvalue weighted by Crippen LogP contribution is 2.39. The predicted molar refractivity (Wildman–Crippen MR) is 90.3 cm³/mol. The van der Waals surface area contributed by atoms with Crippen LogP contribution in [0.3, 0.4) is 0 Å². The molecule has 0 bridgehead atoms. The molecule has 5 heteroatoms. The molecule has 1 amide bonds. The lowest BCUT2D eigenvalue weighted by atomic mass is 10.00. The molecule has 1 aliphatic heterocycles. The molecule has 2 aromatic carbocycles. The van der Waals surface area contributed by atoms with Gasteiger partial charge in [-0.15, -0.1) is 0 Å². The van der Waals surface area contributed by atoms with Crippen LogP contribution in [0, 0.1) is 5.82 Å². The molecule has 1 atom stereocenters. The van der Waals surface area contributed by atoms with Crippen LogP contribution in [0.15, 0.2) is 42.5 Å². The van der Waals surface area contributed by atoms with Crippen molar-refractivity contribution in [1.82, 2.24) is 9.88 Å². The van der Waals surface area contributed by atoms with Gasteiger partial charge in [-0.2, -0.15) is 0 Å². The molecule has 2 heterocycles. The fraction of sp³-hybridized carbons (Fsp3) is 0.211. The second-order valence-corrected chi connectivity index (χ2v) is 6.05. The Morgan fingerprint density at radius 2 is 1.96 bits per heavy atom. The lowest BCUT2D eigenvalue weighted by Crippen LogP contribution is -2.24. The van der Waals surface area contributed by atoms with E-state index in [-0.39, 0.29) is 11.7 Å². The number of nitrogens with one attached hydrogen (secondary N) is 1. The standard InChI is InChI=1S/C19H17FN2O2/c1-11(23)16-14-3-2-4-15-18(14)22(10-9-21-19(15)24)17(16)12-5-7-13(20)8-6-12/h2-8,11,23H,9-10H2,1H3,(H,21,24). The third-order valence-electron chi connectivity index (χ3n) is 4.52. The lowest BCUT2D eigenvalue weighted by Gasteiger charge is -2.13. The van der Waals surface area contributed by atoms with Crippen molar-refractivity contribution in [3.63, 3.8) is 0 Å². The van der Waals surface area contributed by atoms with Crippen LogP contribution in [0.1, 0.15) is 28.9 Å². The first kappa shape index (κ1) is 14.9. The normalized spacial score (nSPS) is 15.2. The van der Waals surface area contributed by atoms with Crippen molar-refractivity contribution >= 4 is 16.8 Å². The minimum Gasteiger partial charge on any atom is -0.389 e. The van der Waals surface area contributed by atoms with Crippen LogP contribution in [0.4, 0.5) is 4.39 Å². The van der Waals surface area contributed by atoms with Crippen LogP contribution >= 0.6 is 0 Å². The molecule has 122 valence electrons. The van der Waals surface area contributed by atoms with E-state index in [4.69, 9.17) is 0 Å². The van der Waals surface area contributed by atoms with Crippen LogP contribution in [0.5, 0.6) is 0 Å². The van der Waals surface area contributed by atoms with Gasteiger partial charge < -0.3 is 15.0 Å². The molecule has 24 heavy (non-hydrogen) atoms. The van der Waals surface area contributed by atoms with Crippen LogP contribution < -0.4 is 5.32 Å². The Morgan fingerprint density at radius 3 is 2.67 bits per heavy atom. The summed E-state index contributed by atoms with van der Waals surface area (Å²) in [5, 5.41) is 14.1. The number of hydrogen-bond acceptors (Lipinski definition) is 2. The first-order valence-corrected chi connectivity index (χ1v) is 7.95. The maximum atomic E-state index is 13.3. The molecule has 0 saturated carbocycles. The minimum atomic E-state index is -0.702. The summed E-state index contributed by atoms with van der Waals surface area (Å²) in [5.41, 5.74) is 3.85. The number of nitrogens with zero attached hydrogens (tertiary/aromatic N) is 1. The van der Waals surface area contributed by atoms with E-state index in [1.165, 1.54) is 12.1 Å². The molecule has 0 saturated heterocycles. The molecule has 0 aliphatic carbocycles. The van der Waals surface area contributed by atoms with E-state index in [1.54, 1.807) is 25.1 Å². The van der Waals surface area contributed by atoms with Gasteiger partial charge in [-0.1, -0.05) is 12.1 Å². The third-order valence-corrected chi connectivity index (χ3v) is 4.52. The molecule has 4 nitrogen and oxygen atoms in total. The van der Waals surface area contributed by atoms with Crippen LogP contribution in [-0.2, 0) is 6.54 Å². The lowest BCUT2D eigenvalue weighted by molar-refractivity contribution is 0.0956. The number of aliphatic hydroxyl groups excluding tert-OH is 1. The Morgan fingerprint density at radius 1 is 1.21 bits per heavy atom. The Hall–Kier alpha value is -2.66. The molecule has 1 aromatic heterocycles. The zero-order chi connectivity index (χ0) is 16.8. The summed E-state index contributed by atoms with van der Waals surface area (Å²) < 4.78 is 15.4. The van der Waals surface area contributed by atoms with E-state index in [9.17, 15) is 14.3 Å². The molecule has 3 aromatic rings. The minimum absolute atomic E-state index is 0.111. The molecule has 0 radical (unpaired) electrons. The van der Waals surface area contributed by atoms with Gasteiger partial charge in [0, 0.05) is 24.0 Å². The van der Waals surface area contributed by atoms with Crippen molar-refractivity contribution in [1.29, 1.82) is 0 Å². The number of halogens is 1. The highest BCUT2D eigenvalue weighted by atomic mass is 19.1. The highest BCUT2D eigenvalue weighted by molar-refractivity contribution is 6.09. The monoisotopic (exact) mass is 324 g/mol. The number of hydrogen-bond donors (Lipinski definition) is 2. The van der Waals surface area contributed by atoms with Gasteiger partial charge in [0.15, 0.2) is 0 Å². The van der Waals surface area contributed by atoms with E-state index in [1.807, 2.05) is 12.1 Å². The first-order valence-electron chi connectivity index (χ1n) is 7.95. The molecule has 4 rings (SSSR count). The van der Waals surface area contributed by atoms with Crippen LogP contribution in [0.25, 0.3) is 22.2 Å². The third kappa shape index (κ3) is 2.12. The number of carbonyl (C=O) groups is 1. The maximum Gasteiger partial charge on any atom is 0.253 e. The van der Waals surface area contributed by atoms with E-state index in [0.29, 0.717) is 18.7 Å². The van der Waals surface area contributed by atoms with Crippen molar-refractivity contribution in [3.05, 3.63) is 59.4 Å². The molecule has 1 unspecified atom stereocenters. The topological polar surface area (TPSA) is 54.3 Å². The zero-order valence-electron chi connectivity index (χ0n) is 13.2. The number of rotatable bonds is 2. The van der Waals surface area contributed by atoms with E-state index >= 15 is 0 Å². The summed E-state index contributed by atoms with van der Waals surface area (Å²) in [6.45, 7) is 2.81. The van der Waals surface area contributed by atoms with Gasteiger partial charge in [0.05, 0.1) is 22.9 Å². The summed E-state index contributed by atoms with van der Waals surface area (Å²) in [7, 11) is 0. The SMILES string of the molecule is CC(O)c1c(-c2ccc(F)cc2)n2c3c(cccc13)C(=O)NCC2. The average molecular weight is 324 g/mol. The van der Waals surface area contributed by atoms with Gasteiger partial charge in [-0.05, 0) is 42.8 Å². The number of para-hydroxylation sites is 1. The maximum absolute atomic E-state index is 13.3. The Bertz CT molecular complexity index is 942. The van der Waals surface area contributed by atoms with Gasteiger partial charge in [-0.3, -0.25) is 4.79 Å². The van der Waals surface area contributed by atoms with Crippen molar-refractivity contribution in [2.24, 2.45) is 0 Å².